The molecule has 2 rings (SSSR count). The van der Waals surface area contributed by atoms with Crippen LogP contribution in [-0.2, 0) is 9.53 Å². The van der Waals surface area contributed by atoms with Gasteiger partial charge in [-0.05, 0) is 31.5 Å². The molecule has 1 aliphatic heterocycles. The molecule has 2 unspecified atom stereocenters. The maximum absolute atomic E-state index is 12.4. The van der Waals surface area contributed by atoms with Gasteiger partial charge in [0.1, 0.15) is 0 Å². The molecule has 0 saturated carbocycles. The summed E-state index contributed by atoms with van der Waals surface area (Å²) in [6, 6.07) is 4.83. The van der Waals surface area contributed by atoms with E-state index in [2.05, 4.69) is 17.1 Å². The molecule has 1 aromatic carbocycles. The molecule has 2 atom stereocenters. The third-order valence-electron chi connectivity index (χ3n) is 3.82. The van der Waals surface area contributed by atoms with Crippen LogP contribution in [0.5, 0.6) is 0 Å². The van der Waals surface area contributed by atoms with Crippen LogP contribution in [0.1, 0.15) is 20.3 Å². The Hall–Kier alpha value is -1.30. The highest BCUT2D eigenvalue weighted by atomic mass is 35.5. The molecule has 0 radical (unpaired) electrons. The van der Waals surface area contributed by atoms with E-state index in [-0.39, 0.29) is 18.1 Å². The third-order valence-corrected chi connectivity index (χ3v) is 4.06. The summed E-state index contributed by atoms with van der Waals surface area (Å²) in [5.74, 6) is -0.0687. The van der Waals surface area contributed by atoms with E-state index in [1.54, 1.807) is 18.2 Å². The van der Waals surface area contributed by atoms with Crippen molar-refractivity contribution in [1.29, 1.82) is 0 Å². The Kier molecular flexibility index (Phi) is 5.45. The standard InChI is InChI=1S/C15H22ClN3O2/c1-3-12-9-19(6-7-21-12)10(2)15(20)18-14-5-4-11(16)8-13(14)17/h4-5,8,10,12H,3,6-7,9,17H2,1-2H3,(H,18,20). The summed E-state index contributed by atoms with van der Waals surface area (Å²) in [6.45, 7) is 6.20. The lowest BCUT2D eigenvalue weighted by Gasteiger charge is -2.35. The Labute approximate surface area is 130 Å². The number of morpholine rings is 1. The Bertz CT molecular complexity index is 510. The van der Waals surface area contributed by atoms with E-state index in [1.807, 2.05) is 6.92 Å². The van der Waals surface area contributed by atoms with E-state index in [4.69, 9.17) is 22.1 Å². The first-order valence-corrected chi connectivity index (χ1v) is 7.60. The summed E-state index contributed by atoms with van der Waals surface area (Å²) < 4.78 is 5.63. The number of carbonyl (C=O) groups is 1. The molecule has 5 nitrogen and oxygen atoms in total. The first-order valence-electron chi connectivity index (χ1n) is 7.22. The van der Waals surface area contributed by atoms with Crippen molar-refractivity contribution in [2.75, 3.05) is 30.7 Å². The second-order valence-electron chi connectivity index (χ2n) is 5.29. The summed E-state index contributed by atoms with van der Waals surface area (Å²) >= 11 is 5.85. The van der Waals surface area contributed by atoms with Crippen molar-refractivity contribution in [2.45, 2.75) is 32.4 Å². The second-order valence-corrected chi connectivity index (χ2v) is 5.73. The fourth-order valence-electron chi connectivity index (χ4n) is 2.39. The predicted octanol–water partition coefficient (Wildman–Crippen LogP) is 2.36. The molecule has 1 saturated heterocycles. The Balaban J connectivity index is 1.99. The number of amides is 1. The minimum atomic E-state index is -0.224. The number of nitrogens with one attached hydrogen (secondary N) is 1. The molecule has 1 fully saturated rings. The monoisotopic (exact) mass is 311 g/mol. The number of ether oxygens (including phenoxy) is 1. The maximum Gasteiger partial charge on any atom is 0.241 e. The van der Waals surface area contributed by atoms with Crippen LogP contribution in [0.3, 0.4) is 0 Å². The van der Waals surface area contributed by atoms with Crippen molar-refractivity contribution < 1.29 is 9.53 Å². The van der Waals surface area contributed by atoms with Gasteiger partial charge in [0, 0.05) is 18.1 Å². The summed E-state index contributed by atoms with van der Waals surface area (Å²) in [4.78, 5) is 14.5. The smallest absolute Gasteiger partial charge is 0.241 e. The van der Waals surface area contributed by atoms with Crippen LogP contribution in [0, 0.1) is 0 Å². The molecule has 116 valence electrons. The average Bonchev–Trinajstić information content (AvgIpc) is 2.49. The van der Waals surface area contributed by atoms with Crippen molar-refractivity contribution in [1.82, 2.24) is 4.90 Å². The molecule has 1 amide bonds. The van der Waals surface area contributed by atoms with E-state index in [1.165, 1.54) is 0 Å². The normalized spacial score (nSPS) is 21.0. The van der Waals surface area contributed by atoms with Crippen LogP contribution < -0.4 is 11.1 Å². The van der Waals surface area contributed by atoms with Crippen LogP contribution in [0.4, 0.5) is 11.4 Å². The number of halogens is 1. The highest BCUT2D eigenvalue weighted by Gasteiger charge is 2.27. The molecule has 0 aromatic heterocycles. The zero-order valence-corrected chi connectivity index (χ0v) is 13.2. The van der Waals surface area contributed by atoms with Gasteiger partial charge in [0.2, 0.25) is 5.91 Å². The summed E-state index contributed by atoms with van der Waals surface area (Å²) in [6.07, 6.45) is 1.16. The molecule has 0 spiro atoms. The van der Waals surface area contributed by atoms with Crippen LogP contribution >= 0.6 is 11.6 Å². The maximum atomic E-state index is 12.4. The lowest BCUT2D eigenvalue weighted by molar-refractivity contribution is -0.124. The third kappa shape index (κ3) is 4.09. The highest BCUT2D eigenvalue weighted by Crippen LogP contribution is 2.23. The first kappa shape index (κ1) is 16.1. The zero-order valence-electron chi connectivity index (χ0n) is 12.4. The number of benzene rings is 1. The van der Waals surface area contributed by atoms with Gasteiger partial charge in [-0.15, -0.1) is 0 Å². The molecule has 1 aromatic rings. The van der Waals surface area contributed by atoms with E-state index in [9.17, 15) is 4.79 Å². The van der Waals surface area contributed by atoms with Gasteiger partial charge in [-0.1, -0.05) is 18.5 Å². The van der Waals surface area contributed by atoms with Crippen molar-refractivity contribution in [3.63, 3.8) is 0 Å². The molecule has 3 N–H and O–H groups in total. The lowest BCUT2D eigenvalue weighted by Crippen LogP contribution is -2.50. The van der Waals surface area contributed by atoms with E-state index < -0.39 is 0 Å². The number of rotatable bonds is 4. The molecule has 1 aliphatic rings. The molecule has 0 aliphatic carbocycles. The van der Waals surface area contributed by atoms with Gasteiger partial charge >= 0.3 is 0 Å². The number of hydrogen-bond donors (Lipinski definition) is 2. The van der Waals surface area contributed by atoms with Gasteiger partial charge in [-0.25, -0.2) is 0 Å². The highest BCUT2D eigenvalue weighted by molar-refractivity contribution is 6.31. The largest absolute Gasteiger partial charge is 0.397 e. The summed E-state index contributed by atoms with van der Waals surface area (Å²) in [5, 5.41) is 3.42. The van der Waals surface area contributed by atoms with Crippen LogP contribution in [-0.4, -0.2) is 42.6 Å². The van der Waals surface area contributed by atoms with Gasteiger partial charge in [0.15, 0.2) is 0 Å². The van der Waals surface area contributed by atoms with E-state index >= 15 is 0 Å². The number of nitrogens with zero attached hydrogens (tertiary/aromatic N) is 1. The van der Waals surface area contributed by atoms with Crippen LogP contribution in [0.2, 0.25) is 5.02 Å². The van der Waals surface area contributed by atoms with Gasteiger partial charge in [-0.2, -0.15) is 0 Å². The van der Waals surface area contributed by atoms with Gasteiger partial charge in [0.05, 0.1) is 30.1 Å². The lowest BCUT2D eigenvalue weighted by atomic mass is 10.1. The van der Waals surface area contributed by atoms with Crippen molar-refractivity contribution in [3.8, 4) is 0 Å². The number of hydrogen-bond acceptors (Lipinski definition) is 4. The molecular weight excluding hydrogens is 290 g/mol. The number of anilines is 2. The van der Waals surface area contributed by atoms with E-state index in [0.717, 1.165) is 19.5 Å². The van der Waals surface area contributed by atoms with Crippen molar-refractivity contribution in [3.05, 3.63) is 23.2 Å². The van der Waals surface area contributed by atoms with E-state index in [0.29, 0.717) is 23.0 Å². The summed E-state index contributed by atoms with van der Waals surface area (Å²) in [5.41, 5.74) is 6.92. The Morgan fingerprint density at radius 3 is 3.05 bits per heavy atom. The molecule has 21 heavy (non-hydrogen) atoms. The SMILES string of the molecule is CCC1CN(C(C)C(=O)Nc2ccc(Cl)cc2N)CCO1. The molecule has 0 bridgehead atoms. The van der Waals surface area contributed by atoms with Crippen molar-refractivity contribution >= 4 is 28.9 Å². The summed E-state index contributed by atoms with van der Waals surface area (Å²) in [7, 11) is 0. The van der Waals surface area contributed by atoms with Gasteiger partial charge in [-0.3, -0.25) is 9.69 Å². The Morgan fingerprint density at radius 2 is 2.38 bits per heavy atom. The minimum absolute atomic E-state index is 0.0687. The molecule has 1 heterocycles. The fourth-order valence-corrected chi connectivity index (χ4v) is 2.57. The van der Waals surface area contributed by atoms with Crippen LogP contribution in [0.25, 0.3) is 0 Å². The van der Waals surface area contributed by atoms with Crippen molar-refractivity contribution in [2.24, 2.45) is 0 Å². The second kappa shape index (κ2) is 7.11. The molecular formula is C15H22ClN3O2. The zero-order chi connectivity index (χ0) is 15.4. The number of nitrogens with two attached hydrogens (primary N) is 1. The van der Waals surface area contributed by atoms with Crippen LogP contribution in [0.15, 0.2) is 18.2 Å². The van der Waals surface area contributed by atoms with Gasteiger partial charge < -0.3 is 15.8 Å². The fraction of sp³-hybridized carbons (Fsp3) is 0.533. The van der Waals surface area contributed by atoms with Gasteiger partial charge in [0.25, 0.3) is 0 Å². The minimum Gasteiger partial charge on any atom is -0.397 e. The first-order chi connectivity index (χ1) is 10.0. The number of nitrogen functional groups attached to an aromatic ring is 1. The quantitative estimate of drug-likeness (QED) is 0.838. The number of carbonyl (C=O) groups excluding carboxylic acids is 1. The average molecular weight is 312 g/mol. The topological polar surface area (TPSA) is 67.6 Å². The molecule has 6 heteroatoms. The predicted molar refractivity (Wildman–Crippen MR) is 85.6 cm³/mol. The Morgan fingerprint density at radius 1 is 1.62 bits per heavy atom.